The number of rotatable bonds is 4. The predicted octanol–water partition coefficient (Wildman–Crippen LogP) is 1.80. The molecule has 1 heterocycles. The molecule has 1 atom stereocenters. The normalized spacial score (nSPS) is 18.7. The number of nitrogens with zero attached hydrogens (tertiary/aromatic N) is 1. The number of nitrogens with one attached hydrogen (secondary N) is 2. The number of hydrazone groups is 1. The van der Waals surface area contributed by atoms with E-state index in [2.05, 4.69) is 15.8 Å². The van der Waals surface area contributed by atoms with Gasteiger partial charge in [-0.3, -0.25) is 5.43 Å². The van der Waals surface area contributed by atoms with E-state index in [4.69, 9.17) is 17.0 Å². The maximum atomic E-state index is 12.9. The monoisotopic (exact) mass is 281 g/mol. The fourth-order valence-electron chi connectivity index (χ4n) is 1.80. The highest BCUT2D eigenvalue weighted by Gasteiger charge is 2.14. The van der Waals surface area contributed by atoms with Crippen LogP contribution in [-0.4, -0.2) is 30.6 Å². The maximum Gasteiger partial charge on any atom is 0.187 e. The molecule has 2 rings (SSSR count). The summed E-state index contributed by atoms with van der Waals surface area (Å²) in [6.45, 7) is 1.51. The van der Waals surface area contributed by atoms with Crippen molar-refractivity contribution in [2.24, 2.45) is 5.10 Å². The van der Waals surface area contributed by atoms with Crippen molar-refractivity contribution in [1.82, 2.24) is 10.7 Å². The fourth-order valence-corrected chi connectivity index (χ4v) is 1.94. The summed E-state index contributed by atoms with van der Waals surface area (Å²) in [5.74, 6) is -0.289. The molecule has 1 fully saturated rings. The van der Waals surface area contributed by atoms with Crippen molar-refractivity contribution in [2.45, 2.75) is 18.9 Å². The Morgan fingerprint density at radius 3 is 3.21 bits per heavy atom. The van der Waals surface area contributed by atoms with Crippen LogP contribution in [0.5, 0.6) is 0 Å². The van der Waals surface area contributed by atoms with Crippen molar-refractivity contribution in [2.75, 3.05) is 13.2 Å². The van der Waals surface area contributed by atoms with Crippen LogP contribution in [0.25, 0.3) is 0 Å². The zero-order valence-electron chi connectivity index (χ0n) is 10.4. The van der Waals surface area contributed by atoms with Crippen LogP contribution >= 0.6 is 12.2 Å². The lowest BCUT2D eigenvalue weighted by Gasteiger charge is -2.11. The number of thiocarbonyl (C=S) groups is 1. The van der Waals surface area contributed by atoms with Gasteiger partial charge in [-0.2, -0.15) is 5.10 Å². The molecule has 6 heteroatoms. The molecule has 1 aromatic carbocycles. The quantitative estimate of drug-likeness (QED) is 0.502. The molecule has 0 bridgehead atoms. The van der Waals surface area contributed by atoms with Gasteiger partial charge in [0.05, 0.1) is 12.3 Å². The number of benzene rings is 1. The van der Waals surface area contributed by atoms with Crippen LogP contribution in [0.3, 0.4) is 0 Å². The van der Waals surface area contributed by atoms with Crippen LogP contribution in [0.15, 0.2) is 29.4 Å². The second kappa shape index (κ2) is 7.16. The molecule has 2 N–H and O–H groups in total. The van der Waals surface area contributed by atoms with Gasteiger partial charge >= 0.3 is 0 Å². The Morgan fingerprint density at radius 1 is 1.58 bits per heavy atom. The third-order valence-corrected chi connectivity index (χ3v) is 2.98. The van der Waals surface area contributed by atoms with Crippen LogP contribution < -0.4 is 10.7 Å². The highest BCUT2D eigenvalue weighted by Crippen LogP contribution is 2.10. The maximum absolute atomic E-state index is 12.9. The average Bonchev–Trinajstić information content (AvgIpc) is 2.89. The van der Waals surface area contributed by atoms with Gasteiger partial charge in [-0.15, -0.1) is 0 Å². The second-order valence-corrected chi connectivity index (χ2v) is 4.68. The Balaban J connectivity index is 1.70. The Kier molecular flexibility index (Phi) is 5.23. The third kappa shape index (κ3) is 4.92. The Morgan fingerprint density at radius 2 is 2.47 bits per heavy atom. The molecule has 0 radical (unpaired) electrons. The van der Waals surface area contributed by atoms with Gasteiger partial charge in [-0.1, -0.05) is 12.1 Å². The average molecular weight is 281 g/mol. The van der Waals surface area contributed by atoms with Crippen LogP contribution in [0.1, 0.15) is 18.4 Å². The minimum atomic E-state index is -0.289. The first-order chi connectivity index (χ1) is 9.24. The van der Waals surface area contributed by atoms with Crippen LogP contribution in [0, 0.1) is 5.82 Å². The smallest absolute Gasteiger partial charge is 0.187 e. The zero-order valence-corrected chi connectivity index (χ0v) is 11.3. The molecule has 0 aromatic heterocycles. The standard InChI is InChI=1S/C13H16FN3OS/c14-11-4-1-3-10(7-11)8-16-17-13(19)15-9-12-5-2-6-18-12/h1,3-4,7-8,12H,2,5-6,9H2,(H2,15,17,19)/b16-8-/t12-/m1/s1. The van der Waals surface area contributed by atoms with E-state index in [1.54, 1.807) is 12.1 Å². The van der Waals surface area contributed by atoms with E-state index < -0.39 is 0 Å². The number of hydrogen-bond acceptors (Lipinski definition) is 3. The summed E-state index contributed by atoms with van der Waals surface area (Å²) in [4.78, 5) is 0. The minimum absolute atomic E-state index is 0.229. The molecular formula is C13H16FN3OS. The molecule has 4 nitrogen and oxygen atoms in total. The Hall–Kier alpha value is -1.53. The summed E-state index contributed by atoms with van der Waals surface area (Å²) in [5.41, 5.74) is 3.36. The van der Waals surface area contributed by atoms with Gasteiger partial charge in [0.25, 0.3) is 0 Å². The first-order valence-electron chi connectivity index (χ1n) is 6.18. The molecule has 1 saturated heterocycles. The number of hydrogen-bond donors (Lipinski definition) is 2. The number of ether oxygens (including phenoxy) is 1. The molecule has 0 aliphatic carbocycles. The number of halogens is 1. The summed E-state index contributed by atoms with van der Waals surface area (Å²) in [6.07, 6.45) is 3.90. The van der Waals surface area contributed by atoms with Gasteiger partial charge in [0.15, 0.2) is 5.11 Å². The molecule has 0 unspecified atom stereocenters. The zero-order chi connectivity index (χ0) is 13.5. The van der Waals surface area contributed by atoms with Crippen molar-refractivity contribution in [1.29, 1.82) is 0 Å². The summed E-state index contributed by atoms with van der Waals surface area (Å²) in [6, 6.07) is 6.17. The summed E-state index contributed by atoms with van der Waals surface area (Å²) in [7, 11) is 0. The van der Waals surface area contributed by atoms with Gasteiger partial charge < -0.3 is 10.1 Å². The largest absolute Gasteiger partial charge is 0.376 e. The minimum Gasteiger partial charge on any atom is -0.376 e. The molecule has 0 saturated carbocycles. The molecular weight excluding hydrogens is 265 g/mol. The molecule has 102 valence electrons. The van der Waals surface area contributed by atoms with Crippen LogP contribution in [-0.2, 0) is 4.74 Å². The van der Waals surface area contributed by atoms with E-state index in [9.17, 15) is 4.39 Å². The van der Waals surface area contributed by atoms with E-state index in [-0.39, 0.29) is 11.9 Å². The highest BCUT2D eigenvalue weighted by molar-refractivity contribution is 7.80. The van der Waals surface area contributed by atoms with Gasteiger partial charge in [-0.05, 0) is 42.8 Å². The van der Waals surface area contributed by atoms with E-state index in [0.29, 0.717) is 17.2 Å². The molecule has 1 aliphatic rings. The van der Waals surface area contributed by atoms with Gasteiger partial charge in [0, 0.05) is 13.2 Å². The van der Waals surface area contributed by atoms with Gasteiger partial charge in [0.2, 0.25) is 0 Å². The molecule has 19 heavy (non-hydrogen) atoms. The summed E-state index contributed by atoms with van der Waals surface area (Å²) in [5, 5.41) is 7.40. The van der Waals surface area contributed by atoms with Gasteiger partial charge in [-0.25, -0.2) is 4.39 Å². The van der Waals surface area contributed by atoms with E-state index in [1.807, 2.05) is 0 Å². The van der Waals surface area contributed by atoms with E-state index in [0.717, 1.165) is 19.4 Å². The SMILES string of the molecule is Fc1cccc(/C=N\NC(=S)NC[C@H]2CCCO2)c1. The first-order valence-corrected chi connectivity index (χ1v) is 6.59. The molecule has 1 aliphatic heterocycles. The van der Waals surface area contributed by atoms with Crippen molar-refractivity contribution < 1.29 is 9.13 Å². The molecule has 0 spiro atoms. The topological polar surface area (TPSA) is 45.7 Å². The van der Waals surface area contributed by atoms with Crippen molar-refractivity contribution in [3.05, 3.63) is 35.6 Å². The summed E-state index contributed by atoms with van der Waals surface area (Å²) >= 11 is 5.06. The molecule has 1 aromatic rings. The van der Waals surface area contributed by atoms with Gasteiger partial charge in [0.1, 0.15) is 5.82 Å². The lowest BCUT2D eigenvalue weighted by Crippen LogP contribution is -2.37. The second-order valence-electron chi connectivity index (χ2n) is 4.27. The van der Waals surface area contributed by atoms with Crippen molar-refractivity contribution in [3.8, 4) is 0 Å². The highest BCUT2D eigenvalue weighted by atomic mass is 32.1. The Bertz CT molecular complexity index is 461. The molecule has 0 amide bonds. The summed E-state index contributed by atoms with van der Waals surface area (Å²) < 4.78 is 18.4. The third-order valence-electron chi connectivity index (χ3n) is 2.74. The van der Waals surface area contributed by atoms with E-state index >= 15 is 0 Å². The van der Waals surface area contributed by atoms with Crippen LogP contribution in [0.2, 0.25) is 0 Å². The van der Waals surface area contributed by atoms with Crippen LogP contribution in [0.4, 0.5) is 4.39 Å². The lowest BCUT2D eigenvalue weighted by atomic mass is 10.2. The van der Waals surface area contributed by atoms with Crippen molar-refractivity contribution >= 4 is 23.5 Å². The predicted molar refractivity (Wildman–Crippen MR) is 76.7 cm³/mol. The van der Waals surface area contributed by atoms with E-state index in [1.165, 1.54) is 18.3 Å². The lowest BCUT2D eigenvalue weighted by molar-refractivity contribution is 0.114. The first kappa shape index (κ1) is 13.9. The van der Waals surface area contributed by atoms with Crippen molar-refractivity contribution in [3.63, 3.8) is 0 Å². The fraction of sp³-hybridized carbons (Fsp3) is 0.385. The Labute approximate surface area is 117 Å².